The Labute approximate surface area is 789 Å². The van der Waals surface area contributed by atoms with Crippen LogP contribution >= 0.6 is 0 Å². The maximum atomic E-state index is 14.0. The predicted octanol–water partition coefficient (Wildman–Crippen LogP) is 10.0. The van der Waals surface area contributed by atoms with Crippen molar-refractivity contribution in [3.05, 3.63) is 165 Å². The van der Waals surface area contributed by atoms with E-state index in [0.717, 1.165) is 88.7 Å². The number of fused-ring (bicyclic) bond motifs is 4. The number of nitrogens with zero attached hydrogens (tertiary/aromatic N) is 16. The molecule has 736 valence electrons. The number of amides is 8. The molecule has 4 aromatic carbocycles. The zero-order chi connectivity index (χ0) is 98.8. The third-order valence-corrected chi connectivity index (χ3v) is 26.3. The summed E-state index contributed by atoms with van der Waals surface area (Å²) in [6.45, 7) is 31.0. The van der Waals surface area contributed by atoms with Crippen molar-refractivity contribution >= 4 is 47.8 Å². The second-order valence-corrected chi connectivity index (χ2v) is 41.5. The van der Waals surface area contributed by atoms with Gasteiger partial charge < -0.3 is 80.9 Å². The number of aliphatic hydroxyl groups is 4. The number of carbonyl (C=O) groups is 8. The molecule has 4 fully saturated rings. The van der Waals surface area contributed by atoms with Gasteiger partial charge in [-0.1, -0.05) is 113 Å². The van der Waals surface area contributed by atoms with Gasteiger partial charge in [0.1, 0.15) is 24.2 Å². The molecule has 8 aliphatic heterocycles. The standard InChI is InChI=1S/2C25H33F2N5O3.C24H31F2N5O3.C24H33N5O3/c1-25(2,3)22(23(34)31-11-7-16(33)8-12-31)28-24(35)32-20-9-10-30(4)14-17(20)21(29-32)15-5-6-18(26)19(27)13-15;1-25(2,3)22(23(34)31-10-5-6-16(33)13-31)28-24(35)32-20-9-11-30(4)14-17(20)21(29-32)15-7-8-18(26)19(27)12-15;1-24(2,3)21(22(33)30-10-7-15(32)12-30)27-23(34)31-19-8-9-29(4)13-16(19)20(28-31)14-5-6-17(25)18(26)11-14;1-24(2,3)21(22(31)28-13-10-17(30)14-28)25-23(32)29-19-11-12-27(4)15-18(19)20(26-29)16-8-6-5-7-9-16/h5-6,13,16,22,33H,7-12,14H2,1-4H3,(H,28,35);7-8,12,16,22,33H,5-6,9-11,13-14H2,1-4H3,(H,28,35);5-6,11,15,21,32H,7-10,12-13H2,1-4H3,(H,27,34);5-9,17,21,30H,10-15H2,1-4H3,(H,25,32)/t22-;16-,22+;15-,21-;17-,21+/m1010/s1. The lowest BCUT2D eigenvalue weighted by Gasteiger charge is -2.37. The monoisotopic (exact) mass is 1890 g/mol. The van der Waals surface area contributed by atoms with Crippen molar-refractivity contribution < 1.29 is 85.1 Å². The summed E-state index contributed by atoms with van der Waals surface area (Å²) in [6, 6.07) is 15.4. The molecule has 38 heteroatoms. The van der Waals surface area contributed by atoms with E-state index in [1.165, 1.54) is 36.9 Å². The number of likely N-dealkylation sites (tertiary alicyclic amines) is 4. The van der Waals surface area contributed by atoms with Crippen LogP contribution in [0.5, 0.6) is 0 Å². The van der Waals surface area contributed by atoms with Crippen LogP contribution in [-0.2, 0) is 71.0 Å². The Morgan fingerprint density at radius 3 is 0.831 bits per heavy atom. The van der Waals surface area contributed by atoms with Crippen LogP contribution in [0.4, 0.5) is 45.5 Å². The van der Waals surface area contributed by atoms with Crippen LogP contribution in [0.25, 0.3) is 45.0 Å². The third kappa shape index (κ3) is 23.6. The van der Waals surface area contributed by atoms with Crippen LogP contribution in [-0.4, -0.2) is 302 Å². The van der Waals surface area contributed by atoms with Crippen molar-refractivity contribution in [2.24, 2.45) is 21.7 Å². The SMILES string of the molecule is CN1CCc2c(c(-c3ccc(F)c(F)c3)nn2C(=O)N[C@H](C(=O)N2CCC(O)CC2)C(C)(C)C)C1.CN1CCc2c(c(-c3ccc(F)c(F)c3)nn2C(=O)N[C@H](C(=O)N2CCC[C@H](O)C2)C(C)(C)C)C1.CN1CCc2c(c(-c3ccc(F)c(F)c3)nn2C(=O)N[C@H](C(=O)N2CC[C@@H](O)C2)C(C)(C)C)C1.CN1CCc2c(c(-c3ccccc3)nn2C(=O)N[C@H](C(=O)N2CC[C@H](O)C2)C(C)(C)C)C1. The summed E-state index contributed by atoms with van der Waals surface area (Å²) < 4.78 is 87.7. The molecule has 7 atom stereocenters. The molecule has 12 heterocycles. The van der Waals surface area contributed by atoms with Crippen LogP contribution in [0, 0.1) is 56.6 Å². The fourth-order valence-corrected chi connectivity index (χ4v) is 18.5. The zero-order valence-electron chi connectivity index (χ0n) is 80.6. The number of likely N-dealkylation sites (N-methyl/N-ethyl adjacent to an activating group) is 4. The molecule has 0 spiro atoms. The smallest absolute Gasteiger partial charge is 0.343 e. The maximum Gasteiger partial charge on any atom is 0.343 e. The molecule has 0 bridgehead atoms. The Hall–Kier alpha value is -11.3. The average molecular weight is 1890 g/mol. The molecule has 0 saturated carbocycles. The number of rotatable bonds is 12. The predicted molar refractivity (Wildman–Crippen MR) is 497 cm³/mol. The van der Waals surface area contributed by atoms with E-state index in [-0.39, 0.29) is 42.7 Å². The topological polar surface area (TPSA) is 363 Å². The third-order valence-electron chi connectivity index (χ3n) is 26.3. The largest absolute Gasteiger partial charge is 0.393 e. The highest BCUT2D eigenvalue weighted by Gasteiger charge is 2.45. The number of carbonyl (C=O) groups excluding carboxylic acids is 8. The number of halogens is 6. The molecule has 4 aromatic heterocycles. The number of nitrogens with one attached hydrogen (secondary N) is 4. The molecule has 0 unspecified atom stereocenters. The molecule has 8 amide bonds. The van der Waals surface area contributed by atoms with Crippen LogP contribution in [0.1, 0.15) is 167 Å². The van der Waals surface area contributed by atoms with Gasteiger partial charge in [-0.2, -0.15) is 39.1 Å². The summed E-state index contributed by atoms with van der Waals surface area (Å²) in [5, 5.41) is 69.3. The van der Waals surface area contributed by atoms with Crippen LogP contribution < -0.4 is 21.3 Å². The van der Waals surface area contributed by atoms with Gasteiger partial charge in [0.15, 0.2) is 34.9 Å². The van der Waals surface area contributed by atoms with Gasteiger partial charge in [0.2, 0.25) is 23.6 Å². The molecule has 4 saturated heterocycles. The fourth-order valence-electron chi connectivity index (χ4n) is 18.5. The van der Waals surface area contributed by atoms with E-state index in [1.807, 2.05) is 135 Å². The summed E-state index contributed by atoms with van der Waals surface area (Å²) >= 11 is 0. The van der Waals surface area contributed by atoms with Crippen LogP contribution in [0.3, 0.4) is 0 Å². The van der Waals surface area contributed by atoms with E-state index < -0.39 is 123 Å². The highest BCUT2D eigenvalue weighted by Crippen LogP contribution is 2.38. The van der Waals surface area contributed by atoms with Crippen LogP contribution in [0.2, 0.25) is 0 Å². The molecular weight excluding hydrogens is 1760 g/mol. The Kier molecular flexibility index (Phi) is 31.5. The Balaban J connectivity index is 0.000000153. The Morgan fingerprint density at radius 2 is 0.566 bits per heavy atom. The molecule has 8 aromatic rings. The summed E-state index contributed by atoms with van der Waals surface area (Å²) in [5.41, 5.74) is 8.30. The van der Waals surface area contributed by atoms with Gasteiger partial charge in [-0.15, -0.1) is 0 Å². The van der Waals surface area contributed by atoms with Gasteiger partial charge in [-0.25, -0.2) is 45.5 Å². The zero-order valence-corrected chi connectivity index (χ0v) is 80.6. The number of piperidine rings is 2. The van der Waals surface area contributed by atoms with Gasteiger partial charge in [0, 0.05) is 175 Å². The number of hydrogen-bond donors (Lipinski definition) is 8. The Morgan fingerprint density at radius 1 is 0.316 bits per heavy atom. The van der Waals surface area contributed by atoms with E-state index in [9.17, 15) is 85.1 Å². The van der Waals surface area contributed by atoms with Crippen molar-refractivity contribution in [1.82, 2.24) is 99.6 Å². The van der Waals surface area contributed by atoms with E-state index in [2.05, 4.69) is 63.2 Å². The first-order chi connectivity index (χ1) is 64.0. The second kappa shape index (κ2) is 42.0. The van der Waals surface area contributed by atoms with E-state index in [0.29, 0.717) is 194 Å². The van der Waals surface area contributed by atoms with Gasteiger partial charge >= 0.3 is 24.1 Å². The Bertz CT molecular complexity index is 5730. The summed E-state index contributed by atoms with van der Waals surface area (Å²) in [7, 11) is 7.89. The van der Waals surface area contributed by atoms with Crippen molar-refractivity contribution in [2.45, 2.75) is 222 Å². The quantitative estimate of drug-likeness (QED) is 0.0527. The minimum absolute atomic E-state index is 0.161. The lowest BCUT2D eigenvalue weighted by Crippen LogP contribution is -2.57. The van der Waals surface area contributed by atoms with Crippen molar-refractivity contribution in [3.63, 3.8) is 0 Å². The highest BCUT2D eigenvalue weighted by atomic mass is 19.2. The lowest BCUT2D eigenvalue weighted by molar-refractivity contribution is -0.139. The average Bonchev–Trinajstić information content (AvgIpc) is 1.62. The second-order valence-electron chi connectivity index (χ2n) is 41.5. The number of β-amino-alcohol motifs (C(OH)–C–C–N with tert-alkyl or cyclic N) is 3. The normalized spacial score (nSPS) is 19.5. The number of aliphatic hydroxyl groups excluding tert-OH is 4. The molecule has 0 radical (unpaired) electrons. The lowest BCUT2D eigenvalue weighted by atomic mass is 9.85. The minimum Gasteiger partial charge on any atom is -0.393 e. The number of aromatic nitrogens is 8. The number of benzene rings is 4. The van der Waals surface area contributed by atoms with Crippen molar-refractivity contribution in [2.75, 3.05) is 107 Å². The van der Waals surface area contributed by atoms with Gasteiger partial charge in [-0.05, 0) is 143 Å². The first-order valence-corrected chi connectivity index (χ1v) is 46.7. The fraction of sp³-hybridized carbons (Fsp3) is 0.551. The maximum absolute atomic E-state index is 14.0. The van der Waals surface area contributed by atoms with Crippen molar-refractivity contribution in [1.29, 1.82) is 0 Å². The first-order valence-electron chi connectivity index (χ1n) is 46.7. The molecule has 32 nitrogen and oxygen atoms in total. The number of hydrogen-bond acceptors (Lipinski definition) is 20. The summed E-state index contributed by atoms with van der Waals surface area (Å²) in [4.78, 5) is 122. The molecule has 16 rings (SSSR count). The van der Waals surface area contributed by atoms with Crippen LogP contribution in [0.15, 0.2) is 84.9 Å². The molecule has 8 aliphatic rings. The first kappa shape index (κ1) is 102. The highest BCUT2D eigenvalue weighted by molar-refractivity contribution is 5.93. The van der Waals surface area contributed by atoms with Gasteiger partial charge in [0.05, 0.1) is 70.0 Å². The van der Waals surface area contributed by atoms with E-state index >= 15 is 0 Å². The summed E-state index contributed by atoms with van der Waals surface area (Å²) in [6.07, 6.45) is 3.75. The van der Waals surface area contributed by atoms with E-state index in [1.54, 1.807) is 19.6 Å². The van der Waals surface area contributed by atoms with Crippen molar-refractivity contribution in [3.8, 4) is 45.0 Å². The molecular formula is C98H130F6N20O12. The summed E-state index contributed by atoms with van der Waals surface area (Å²) in [5.74, 6) is -6.66. The molecule has 8 N–H and O–H groups in total. The molecule has 136 heavy (non-hydrogen) atoms. The minimum atomic E-state index is -0.986. The van der Waals surface area contributed by atoms with Gasteiger partial charge in [0.25, 0.3) is 0 Å². The van der Waals surface area contributed by atoms with Gasteiger partial charge in [-0.3, -0.25) is 19.2 Å². The molecule has 0 aliphatic carbocycles. The van der Waals surface area contributed by atoms with E-state index in [4.69, 9.17) is 5.10 Å².